The van der Waals surface area contributed by atoms with Crippen molar-refractivity contribution in [2.24, 2.45) is 28.6 Å². The Labute approximate surface area is 143 Å². The van der Waals surface area contributed by atoms with Crippen LogP contribution in [0.5, 0.6) is 0 Å². The minimum absolute atomic E-state index is 0.0566. The number of Topliss-reactive ketones (excluding diaryl/α,β-unsaturated/α-hetero) is 2. The van der Waals surface area contributed by atoms with Crippen LogP contribution in [0, 0.1) is 40.9 Å². The molecular formula is C21H24O3. The molecule has 0 spiro atoms. The number of ketones is 3. The molecule has 0 amide bonds. The van der Waals surface area contributed by atoms with Crippen LogP contribution >= 0.6 is 0 Å². The van der Waals surface area contributed by atoms with Crippen molar-refractivity contribution in [1.82, 2.24) is 0 Å². The highest BCUT2D eigenvalue weighted by Crippen LogP contribution is 2.64. The highest BCUT2D eigenvalue weighted by atomic mass is 16.1. The van der Waals surface area contributed by atoms with Gasteiger partial charge in [0.15, 0.2) is 11.6 Å². The summed E-state index contributed by atoms with van der Waals surface area (Å²) in [6.07, 6.45) is 12.9. The van der Waals surface area contributed by atoms with Crippen LogP contribution in [0.15, 0.2) is 11.6 Å². The van der Waals surface area contributed by atoms with Gasteiger partial charge in [-0.3, -0.25) is 14.4 Å². The highest BCUT2D eigenvalue weighted by molar-refractivity contribution is 6.06. The van der Waals surface area contributed by atoms with Crippen molar-refractivity contribution in [2.45, 2.75) is 58.3 Å². The average Bonchev–Trinajstić information content (AvgIpc) is 2.85. The van der Waals surface area contributed by atoms with Crippen LogP contribution in [-0.4, -0.2) is 17.3 Å². The number of carbonyl (C=O) groups is 3. The van der Waals surface area contributed by atoms with Crippen molar-refractivity contribution in [3.8, 4) is 12.3 Å². The lowest BCUT2D eigenvalue weighted by Gasteiger charge is -2.56. The van der Waals surface area contributed by atoms with Gasteiger partial charge in [-0.15, -0.1) is 12.3 Å². The number of rotatable bonds is 1. The first kappa shape index (κ1) is 15.8. The van der Waals surface area contributed by atoms with Crippen LogP contribution in [0.4, 0.5) is 0 Å². The van der Waals surface area contributed by atoms with Gasteiger partial charge in [0.05, 0.1) is 0 Å². The maximum Gasteiger partial charge on any atom is 0.159 e. The van der Waals surface area contributed by atoms with Crippen molar-refractivity contribution in [3.63, 3.8) is 0 Å². The molecule has 0 N–H and O–H groups in total. The maximum atomic E-state index is 12.9. The number of allylic oxidation sites excluding steroid dienone is 1. The normalized spacial score (nSPS) is 44.2. The zero-order chi connectivity index (χ0) is 17.1. The van der Waals surface area contributed by atoms with Gasteiger partial charge < -0.3 is 0 Å². The van der Waals surface area contributed by atoms with Crippen LogP contribution < -0.4 is 0 Å². The van der Waals surface area contributed by atoms with E-state index in [0.29, 0.717) is 55.3 Å². The summed E-state index contributed by atoms with van der Waals surface area (Å²) in [6.45, 7) is 2.11. The van der Waals surface area contributed by atoms with E-state index in [1.54, 1.807) is 6.08 Å². The molecule has 0 aromatic carbocycles. The van der Waals surface area contributed by atoms with Crippen LogP contribution in [0.1, 0.15) is 58.3 Å². The van der Waals surface area contributed by atoms with Crippen molar-refractivity contribution >= 4 is 17.3 Å². The predicted octanol–water partition coefficient (Wildman–Crippen LogP) is 3.27. The van der Waals surface area contributed by atoms with E-state index in [-0.39, 0.29) is 28.3 Å². The van der Waals surface area contributed by atoms with Gasteiger partial charge >= 0.3 is 0 Å². The molecule has 0 aromatic heterocycles. The van der Waals surface area contributed by atoms with Gasteiger partial charge in [-0.25, -0.2) is 0 Å². The van der Waals surface area contributed by atoms with E-state index >= 15 is 0 Å². The second kappa shape index (κ2) is 5.15. The third-order valence-corrected chi connectivity index (χ3v) is 7.65. The molecule has 3 nitrogen and oxygen atoms in total. The lowest BCUT2D eigenvalue weighted by Crippen LogP contribution is -2.54. The van der Waals surface area contributed by atoms with Gasteiger partial charge in [-0.2, -0.15) is 0 Å². The van der Waals surface area contributed by atoms with Gasteiger partial charge in [0.2, 0.25) is 0 Å². The first-order valence-corrected chi connectivity index (χ1v) is 9.17. The highest BCUT2D eigenvalue weighted by Gasteiger charge is 2.61. The maximum absolute atomic E-state index is 12.9. The second-order valence-corrected chi connectivity index (χ2v) is 8.48. The van der Waals surface area contributed by atoms with Crippen molar-refractivity contribution in [1.29, 1.82) is 0 Å². The molecule has 4 aliphatic rings. The van der Waals surface area contributed by atoms with Crippen LogP contribution in [0.25, 0.3) is 0 Å². The first-order valence-electron chi connectivity index (χ1n) is 9.17. The first-order chi connectivity index (χ1) is 11.4. The molecule has 5 atom stereocenters. The zero-order valence-electron chi connectivity index (χ0n) is 14.3. The summed E-state index contributed by atoms with van der Waals surface area (Å²) in [6, 6.07) is 0. The topological polar surface area (TPSA) is 51.2 Å². The Balaban J connectivity index is 1.80. The predicted molar refractivity (Wildman–Crippen MR) is 89.9 cm³/mol. The smallest absolute Gasteiger partial charge is 0.159 e. The molecule has 3 saturated carbocycles. The number of hydrogen-bond acceptors (Lipinski definition) is 3. The molecule has 0 saturated heterocycles. The van der Waals surface area contributed by atoms with E-state index in [2.05, 4.69) is 12.8 Å². The molecule has 0 heterocycles. The Bertz CT molecular complexity index is 709. The fourth-order valence-corrected chi connectivity index (χ4v) is 6.45. The Morgan fingerprint density at radius 1 is 1.17 bits per heavy atom. The van der Waals surface area contributed by atoms with E-state index in [4.69, 9.17) is 6.42 Å². The van der Waals surface area contributed by atoms with Gasteiger partial charge in [-0.05, 0) is 49.5 Å². The van der Waals surface area contributed by atoms with E-state index in [1.807, 2.05) is 0 Å². The number of fused-ring (bicyclic) bond motifs is 5. The van der Waals surface area contributed by atoms with Crippen molar-refractivity contribution in [2.75, 3.05) is 0 Å². The fourth-order valence-electron chi connectivity index (χ4n) is 6.45. The molecule has 126 valence electrons. The van der Waals surface area contributed by atoms with E-state index in [0.717, 1.165) is 19.3 Å². The summed E-state index contributed by atoms with van der Waals surface area (Å²) >= 11 is 0. The minimum atomic E-state index is -0.324. The summed E-state index contributed by atoms with van der Waals surface area (Å²) in [4.78, 5) is 37.3. The molecule has 3 heteroatoms. The molecule has 4 aliphatic carbocycles. The lowest BCUT2D eigenvalue weighted by molar-refractivity contribution is -0.138. The monoisotopic (exact) mass is 324 g/mol. The molecule has 24 heavy (non-hydrogen) atoms. The molecule has 4 rings (SSSR count). The lowest BCUT2D eigenvalue weighted by atomic mass is 9.46. The quantitative estimate of drug-likeness (QED) is 0.696. The Kier molecular flexibility index (Phi) is 3.39. The minimum Gasteiger partial charge on any atom is -0.299 e. The van der Waals surface area contributed by atoms with E-state index in [9.17, 15) is 14.4 Å². The van der Waals surface area contributed by atoms with Gasteiger partial charge in [0, 0.05) is 42.1 Å². The Morgan fingerprint density at radius 3 is 2.71 bits per heavy atom. The standard InChI is InChI=1S/C21H24O3/c1-3-8-21-10-6-13(22)11-17(21)18(23)12-14-15-4-5-19(24)20(15,2)9-7-16(14)21/h1,11,14-16H,4-10,12H2,2H3/t14-,15-,16-,20-,21?/m0/s1. The van der Waals surface area contributed by atoms with Crippen LogP contribution in [0.3, 0.4) is 0 Å². The van der Waals surface area contributed by atoms with Gasteiger partial charge in [-0.1, -0.05) is 6.92 Å². The Morgan fingerprint density at radius 2 is 1.96 bits per heavy atom. The van der Waals surface area contributed by atoms with Gasteiger partial charge in [0.25, 0.3) is 0 Å². The third kappa shape index (κ3) is 1.89. The van der Waals surface area contributed by atoms with E-state index in [1.165, 1.54) is 0 Å². The van der Waals surface area contributed by atoms with E-state index < -0.39 is 0 Å². The summed E-state index contributed by atoms with van der Waals surface area (Å²) in [5.41, 5.74) is 0.131. The molecule has 0 bridgehead atoms. The zero-order valence-corrected chi connectivity index (χ0v) is 14.3. The summed E-state index contributed by atoms with van der Waals surface area (Å²) in [5.74, 6) is 4.24. The molecule has 0 aliphatic heterocycles. The molecule has 0 aromatic rings. The molecule has 1 unspecified atom stereocenters. The molecule has 3 fully saturated rings. The molecular weight excluding hydrogens is 300 g/mol. The van der Waals surface area contributed by atoms with Gasteiger partial charge in [0.1, 0.15) is 5.78 Å². The number of carbonyl (C=O) groups excluding carboxylic acids is 3. The Hall–Kier alpha value is -1.69. The van der Waals surface area contributed by atoms with Crippen molar-refractivity contribution < 1.29 is 14.4 Å². The summed E-state index contributed by atoms with van der Waals surface area (Å²) < 4.78 is 0. The summed E-state index contributed by atoms with van der Waals surface area (Å²) in [7, 11) is 0. The third-order valence-electron chi connectivity index (χ3n) is 7.65. The second-order valence-electron chi connectivity index (χ2n) is 8.48. The number of terminal acetylenes is 1. The van der Waals surface area contributed by atoms with Crippen LogP contribution in [0.2, 0.25) is 0 Å². The van der Waals surface area contributed by atoms with Crippen LogP contribution in [-0.2, 0) is 14.4 Å². The average molecular weight is 324 g/mol. The fraction of sp³-hybridized carbons (Fsp3) is 0.667. The SMILES string of the molecule is C#CCC12CCC(=O)C=C1C(=O)C[C@@H]1[C@@H]2CC[C@]2(C)C(=O)CC[C@@H]12. The largest absolute Gasteiger partial charge is 0.299 e. The van der Waals surface area contributed by atoms with Crippen molar-refractivity contribution in [3.05, 3.63) is 11.6 Å². The number of hydrogen-bond donors (Lipinski definition) is 0. The summed E-state index contributed by atoms with van der Waals surface area (Å²) in [5, 5.41) is 0. The molecule has 0 radical (unpaired) electrons.